The molecule has 5 heteroatoms. The van der Waals surface area contributed by atoms with E-state index in [1.165, 1.54) is 0 Å². The van der Waals surface area contributed by atoms with Gasteiger partial charge in [-0.3, -0.25) is 9.59 Å². The normalized spacial score (nSPS) is 18.9. The molecule has 1 atom stereocenters. The van der Waals surface area contributed by atoms with Crippen LogP contribution in [0.5, 0.6) is 5.75 Å². The second-order valence-electron chi connectivity index (χ2n) is 5.59. The average Bonchev–Trinajstić information content (AvgIpc) is 2.48. The third-order valence-electron chi connectivity index (χ3n) is 3.77. The molecule has 1 aliphatic heterocycles. The van der Waals surface area contributed by atoms with Crippen molar-refractivity contribution in [2.24, 2.45) is 5.92 Å². The van der Waals surface area contributed by atoms with Crippen molar-refractivity contribution in [3.05, 3.63) is 29.8 Å². The minimum absolute atomic E-state index is 0.0122. The van der Waals surface area contributed by atoms with Gasteiger partial charge in [0.15, 0.2) is 0 Å². The molecule has 114 valence electrons. The molecule has 5 nitrogen and oxygen atoms in total. The van der Waals surface area contributed by atoms with E-state index in [4.69, 9.17) is 4.74 Å². The lowest BCUT2D eigenvalue weighted by Crippen LogP contribution is -2.60. The number of ether oxygens (including phenoxy) is 1. The summed E-state index contributed by atoms with van der Waals surface area (Å²) in [4.78, 5) is 25.7. The van der Waals surface area contributed by atoms with E-state index in [1.807, 2.05) is 38.1 Å². The van der Waals surface area contributed by atoms with Crippen LogP contribution >= 0.6 is 0 Å². The summed E-state index contributed by atoms with van der Waals surface area (Å²) < 4.78 is 5.13. The van der Waals surface area contributed by atoms with Gasteiger partial charge in [-0.1, -0.05) is 26.0 Å². The lowest BCUT2D eigenvalue weighted by molar-refractivity contribution is -0.147. The zero-order valence-corrected chi connectivity index (χ0v) is 12.8. The standard InChI is InChI=1S/C16H22N2O3/c1-11(2)15-16(20)17-10-14(19)18(15)9-8-12-4-6-13(21-3)7-5-12/h4-7,11,15H,8-10H2,1-3H3,(H,17,20). The lowest BCUT2D eigenvalue weighted by Gasteiger charge is -2.37. The van der Waals surface area contributed by atoms with Gasteiger partial charge >= 0.3 is 0 Å². The first-order valence-corrected chi connectivity index (χ1v) is 7.23. The van der Waals surface area contributed by atoms with E-state index in [2.05, 4.69) is 5.32 Å². The highest BCUT2D eigenvalue weighted by Gasteiger charge is 2.35. The molecule has 1 unspecified atom stereocenters. The van der Waals surface area contributed by atoms with E-state index >= 15 is 0 Å². The van der Waals surface area contributed by atoms with Crippen LogP contribution in [0.15, 0.2) is 24.3 Å². The van der Waals surface area contributed by atoms with Crippen LogP contribution in [-0.4, -0.2) is 43.0 Å². The average molecular weight is 290 g/mol. The Labute approximate surface area is 125 Å². The number of hydrogen-bond acceptors (Lipinski definition) is 3. The van der Waals surface area contributed by atoms with Gasteiger partial charge in [0.25, 0.3) is 0 Å². The fraction of sp³-hybridized carbons (Fsp3) is 0.500. The molecule has 0 saturated carbocycles. The molecule has 1 aromatic rings. The molecule has 2 rings (SSSR count). The molecule has 1 N–H and O–H groups in total. The first-order valence-electron chi connectivity index (χ1n) is 7.23. The first kappa shape index (κ1) is 15.4. The quantitative estimate of drug-likeness (QED) is 0.887. The number of piperazine rings is 1. The van der Waals surface area contributed by atoms with Crippen molar-refractivity contribution < 1.29 is 14.3 Å². The number of nitrogens with zero attached hydrogens (tertiary/aromatic N) is 1. The van der Waals surface area contributed by atoms with Gasteiger partial charge in [-0.2, -0.15) is 0 Å². The predicted molar refractivity (Wildman–Crippen MR) is 80.0 cm³/mol. The summed E-state index contributed by atoms with van der Waals surface area (Å²) in [5, 5.41) is 2.66. The first-order chi connectivity index (χ1) is 10.0. The van der Waals surface area contributed by atoms with Crippen LogP contribution < -0.4 is 10.1 Å². The van der Waals surface area contributed by atoms with Gasteiger partial charge in [0.1, 0.15) is 11.8 Å². The molecule has 0 radical (unpaired) electrons. The van der Waals surface area contributed by atoms with E-state index in [-0.39, 0.29) is 30.3 Å². The van der Waals surface area contributed by atoms with E-state index in [0.29, 0.717) is 6.54 Å². The summed E-state index contributed by atoms with van der Waals surface area (Å²) in [6, 6.07) is 7.40. The summed E-state index contributed by atoms with van der Waals surface area (Å²) in [6.07, 6.45) is 0.728. The van der Waals surface area contributed by atoms with Crippen LogP contribution in [0.4, 0.5) is 0 Å². The maximum absolute atomic E-state index is 12.1. The number of carbonyl (C=O) groups excluding carboxylic acids is 2. The van der Waals surface area contributed by atoms with Crippen molar-refractivity contribution in [3.8, 4) is 5.75 Å². The predicted octanol–water partition coefficient (Wildman–Crippen LogP) is 1.22. The highest BCUT2D eigenvalue weighted by atomic mass is 16.5. The highest BCUT2D eigenvalue weighted by molar-refractivity contribution is 5.94. The number of nitrogens with one attached hydrogen (secondary N) is 1. The molecule has 1 aromatic carbocycles. The Morgan fingerprint density at radius 2 is 1.95 bits per heavy atom. The number of rotatable bonds is 5. The van der Waals surface area contributed by atoms with Crippen LogP contribution in [0, 0.1) is 5.92 Å². The summed E-state index contributed by atoms with van der Waals surface area (Å²) in [5.41, 5.74) is 1.12. The Morgan fingerprint density at radius 3 is 2.52 bits per heavy atom. The molecule has 1 heterocycles. The Bertz CT molecular complexity index is 511. The SMILES string of the molecule is COc1ccc(CCN2C(=O)CNC(=O)C2C(C)C)cc1. The number of methoxy groups -OCH3 is 1. The zero-order chi connectivity index (χ0) is 15.4. The molecule has 2 amide bonds. The lowest BCUT2D eigenvalue weighted by atomic mass is 9.98. The van der Waals surface area contributed by atoms with Gasteiger partial charge in [0.05, 0.1) is 13.7 Å². The summed E-state index contributed by atoms with van der Waals surface area (Å²) >= 11 is 0. The second kappa shape index (κ2) is 6.61. The van der Waals surface area contributed by atoms with Gasteiger partial charge in [0.2, 0.25) is 11.8 Å². The van der Waals surface area contributed by atoms with Crippen molar-refractivity contribution in [2.45, 2.75) is 26.3 Å². The third-order valence-corrected chi connectivity index (χ3v) is 3.77. The van der Waals surface area contributed by atoms with Crippen LogP contribution in [0.25, 0.3) is 0 Å². The Morgan fingerprint density at radius 1 is 1.29 bits per heavy atom. The van der Waals surface area contributed by atoms with Crippen LogP contribution in [0.1, 0.15) is 19.4 Å². The van der Waals surface area contributed by atoms with Gasteiger partial charge in [-0.05, 0) is 30.0 Å². The fourth-order valence-electron chi connectivity index (χ4n) is 2.63. The molecule has 21 heavy (non-hydrogen) atoms. The van der Waals surface area contributed by atoms with Gasteiger partial charge in [-0.15, -0.1) is 0 Å². The number of carbonyl (C=O) groups is 2. The van der Waals surface area contributed by atoms with E-state index < -0.39 is 0 Å². The zero-order valence-electron chi connectivity index (χ0n) is 12.8. The molecule has 0 bridgehead atoms. The fourth-order valence-corrected chi connectivity index (χ4v) is 2.63. The maximum Gasteiger partial charge on any atom is 0.243 e. The minimum atomic E-state index is -0.371. The molecule has 0 aromatic heterocycles. The van der Waals surface area contributed by atoms with Gasteiger partial charge in [0, 0.05) is 6.54 Å². The Hall–Kier alpha value is -2.04. The largest absolute Gasteiger partial charge is 0.497 e. The molecule has 0 spiro atoms. The summed E-state index contributed by atoms with van der Waals surface area (Å²) in [6.45, 7) is 4.58. The van der Waals surface area contributed by atoms with Crippen molar-refractivity contribution in [3.63, 3.8) is 0 Å². The molecule has 1 aliphatic rings. The van der Waals surface area contributed by atoms with Gasteiger partial charge < -0.3 is 15.0 Å². The van der Waals surface area contributed by atoms with Crippen molar-refractivity contribution in [2.75, 3.05) is 20.2 Å². The smallest absolute Gasteiger partial charge is 0.243 e. The monoisotopic (exact) mass is 290 g/mol. The molecule has 1 fully saturated rings. The molecule has 1 saturated heterocycles. The number of benzene rings is 1. The topological polar surface area (TPSA) is 58.6 Å². The molecule has 0 aliphatic carbocycles. The number of hydrogen-bond donors (Lipinski definition) is 1. The van der Waals surface area contributed by atoms with E-state index in [9.17, 15) is 9.59 Å². The molecular formula is C16H22N2O3. The minimum Gasteiger partial charge on any atom is -0.497 e. The Kier molecular flexibility index (Phi) is 4.83. The van der Waals surface area contributed by atoms with Crippen LogP contribution in [0.3, 0.4) is 0 Å². The summed E-state index contributed by atoms with van der Waals surface area (Å²) in [7, 11) is 1.63. The van der Waals surface area contributed by atoms with Crippen LogP contribution in [-0.2, 0) is 16.0 Å². The third kappa shape index (κ3) is 3.54. The van der Waals surface area contributed by atoms with Crippen molar-refractivity contribution in [1.29, 1.82) is 0 Å². The number of amides is 2. The van der Waals surface area contributed by atoms with E-state index in [1.54, 1.807) is 12.0 Å². The van der Waals surface area contributed by atoms with Gasteiger partial charge in [-0.25, -0.2) is 0 Å². The van der Waals surface area contributed by atoms with Crippen molar-refractivity contribution >= 4 is 11.8 Å². The highest BCUT2D eigenvalue weighted by Crippen LogP contribution is 2.17. The maximum atomic E-state index is 12.1. The molecular weight excluding hydrogens is 268 g/mol. The van der Waals surface area contributed by atoms with Crippen molar-refractivity contribution in [1.82, 2.24) is 10.2 Å². The summed E-state index contributed by atoms with van der Waals surface area (Å²) in [5.74, 6) is 0.846. The van der Waals surface area contributed by atoms with E-state index in [0.717, 1.165) is 17.7 Å². The second-order valence-corrected chi connectivity index (χ2v) is 5.59. The Balaban J connectivity index is 2.04. The van der Waals surface area contributed by atoms with Crippen LogP contribution in [0.2, 0.25) is 0 Å².